The van der Waals surface area contributed by atoms with E-state index < -0.39 is 0 Å². The summed E-state index contributed by atoms with van der Waals surface area (Å²) in [5, 5.41) is 4.88. The van der Waals surface area contributed by atoms with Gasteiger partial charge in [-0.3, -0.25) is 9.36 Å². The van der Waals surface area contributed by atoms with Gasteiger partial charge in [-0.25, -0.2) is 9.97 Å². The first kappa shape index (κ1) is 24.5. The second-order valence-corrected chi connectivity index (χ2v) is 10.3. The van der Waals surface area contributed by atoms with Gasteiger partial charge in [0.25, 0.3) is 0 Å². The van der Waals surface area contributed by atoms with Gasteiger partial charge in [-0.05, 0) is 6.92 Å². The molecule has 0 saturated carbocycles. The van der Waals surface area contributed by atoms with Gasteiger partial charge >= 0.3 is 0 Å². The fourth-order valence-electron chi connectivity index (χ4n) is 4.55. The third-order valence-corrected chi connectivity index (χ3v) is 7.50. The average molecular weight is 527 g/mol. The van der Waals surface area contributed by atoms with Gasteiger partial charge in [0.15, 0.2) is 0 Å². The summed E-state index contributed by atoms with van der Waals surface area (Å²) in [6.07, 6.45) is 0. The Kier molecular flexibility index (Phi) is 6.61. The quantitative estimate of drug-likeness (QED) is 0.238. The molecule has 1 amide bonds. The van der Waals surface area contributed by atoms with E-state index in [-0.39, 0.29) is 5.91 Å². The molecule has 0 unspecified atom stereocenters. The molecular weight excluding hydrogens is 500 g/mol. The lowest BCUT2D eigenvalue weighted by atomic mass is 10.1. The Bertz CT molecular complexity index is 1740. The van der Waals surface area contributed by atoms with Crippen LogP contribution in [0.15, 0.2) is 115 Å². The Labute approximate surface area is 231 Å². The number of rotatable bonds is 6. The number of nitrogens with one attached hydrogen (secondary N) is 1. The van der Waals surface area contributed by atoms with Crippen LogP contribution in [0.1, 0.15) is 12.5 Å². The van der Waals surface area contributed by atoms with E-state index in [0.717, 1.165) is 49.3 Å². The van der Waals surface area contributed by atoms with Crippen LogP contribution in [0.3, 0.4) is 0 Å². The van der Waals surface area contributed by atoms with Crippen molar-refractivity contribution in [3.63, 3.8) is 0 Å². The minimum absolute atomic E-state index is 0.169. The molecule has 6 aromatic rings. The number of carbonyl (C=O) groups excluding carboxylic acids is 1. The molecule has 6 rings (SSSR count). The second-order valence-electron chi connectivity index (χ2n) is 9.29. The molecule has 5 nitrogen and oxygen atoms in total. The maximum absolute atomic E-state index is 12.6. The molecule has 0 aliphatic heterocycles. The van der Waals surface area contributed by atoms with Crippen LogP contribution in [0.25, 0.3) is 49.5 Å². The van der Waals surface area contributed by atoms with Crippen molar-refractivity contribution >= 4 is 23.1 Å². The Morgan fingerprint density at radius 1 is 0.667 bits per heavy atom. The maximum atomic E-state index is 12.6. The van der Waals surface area contributed by atoms with Gasteiger partial charge in [-0.2, -0.15) is 0 Å². The molecule has 2 heterocycles. The Hall–Kier alpha value is -4.81. The summed E-state index contributed by atoms with van der Waals surface area (Å²) in [5.74, 6) is 1.18. The predicted octanol–water partition coefficient (Wildman–Crippen LogP) is 8.26. The van der Waals surface area contributed by atoms with E-state index in [1.807, 2.05) is 66.7 Å². The lowest BCUT2D eigenvalue weighted by Gasteiger charge is -2.13. The SMILES string of the molecule is CC(=O)Nc1c(-c2ccccc2)nc(-c2ccc(C)cc2)n1-c1sc(-c2ccccc2)nc1-c1ccccc1. The molecule has 4 aromatic carbocycles. The zero-order valence-electron chi connectivity index (χ0n) is 21.6. The van der Waals surface area contributed by atoms with Crippen molar-refractivity contribution in [3.8, 4) is 49.5 Å². The number of imidazole rings is 1. The van der Waals surface area contributed by atoms with Gasteiger partial charge < -0.3 is 5.32 Å². The number of carbonyl (C=O) groups is 1. The number of thiazole rings is 1. The Balaban J connectivity index is 1.70. The normalized spacial score (nSPS) is 10.9. The topological polar surface area (TPSA) is 59.8 Å². The number of anilines is 1. The summed E-state index contributed by atoms with van der Waals surface area (Å²) < 4.78 is 2.06. The minimum Gasteiger partial charge on any atom is -0.310 e. The van der Waals surface area contributed by atoms with Crippen LogP contribution in [0.5, 0.6) is 0 Å². The molecule has 1 N–H and O–H groups in total. The summed E-state index contributed by atoms with van der Waals surface area (Å²) in [6, 6.07) is 38.6. The number of hydrogen-bond donors (Lipinski definition) is 1. The number of amides is 1. The van der Waals surface area contributed by atoms with Crippen molar-refractivity contribution < 1.29 is 4.79 Å². The highest BCUT2D eigenvalue weighted by Crippen LogP contribution is 2.43. The molecule has 190 valence electrons. The zero-order valence-corrected chi connectivity index (χ0v) is 22.4. The van der Waals surface area contributed by atoms with E-state index in [0.29, 0.717) is 11.5 Å². The maximum Gasteiger partial charge on any atom is 0.222 e. The summed E-state index contributed by atoms with van der Waals surface area (Å²) in [6.45, 7) is 3.59. The summed E-state index contributed by atoms with van der Waals surface area (Å²) in [7, 11) is 0. The van der Waals surface area contributed by atoms with Crippen LogP contribution < -0.4 is 5.32 Å². The van der Waals surface area contributed by atoms with Gasteiger partial charge in [0.05, 0.1) is 0 Å². The standard InChI is InChI=1S/C33H26N4OS/c1-22-18-20-26(21-19-22)30-35-28(24-12-6-3-7-13-24)31(34-23(2)38)37(30)33-29(25-14-8-4-9-15-25)36-32(39-33)27-16-10-5-11-17-27/h3-21H,1-2H3,(H,34,38). The zero-order chi connectivity index (χ0) is 26.8. The van der Waals surface area contributed by atoms with Gasteiger partial charge in [-0.1, -0.05) is 132 Å². The first-order chi connectivity index (χ1) is 19.1. The van der Waals surface area contributed by atoms with E-state index >= 15 is 0 Å². The highest BCUT2D eigenvalue weighted by atomic mass is 32.1. The molecule has 0 saturated heterocycles. The molecule has 0 fully saturated rings. The van der Waals surface area contributed by atoms with Gasteiger partial charge in [-0.15, -0.1) is 0 Å². The molecule has 6 heteroatoms. The summed E-state index contributed by atoms with van der Waals surface area (Å²) in [4.78, 5) is 22.9. The van der Waals surface area contributed by atoms with Crippen molar-refractivity contribution in [2.24, 2.45) is 0 Å². The van der Waals surface area contributed by atoms with Crippen LogP contribution in [-0.2, 0) is 4.79 Å². The number of aryl methyl sites for hydroxylation is 1. The molecule has 0 atom stereocenters. The van der Waals surface area contributed by atoms with Crippen LogP contribution in [0.2, 0.25) is 0 Å². The highest BCUT2D eigenvalue weighted by molar-refractivity contribution is 7.18. The molecule has 0 bridgehead atoms. The summed E-state index contributed by atoms with van der Waals surface area (Å²) in [5.41, 5.74) is 6.59. The molecule has 39 heavy (non-hydrogen) atoms. The molecule has 2 aromatic heterocycles. The third kappa shape index (κ3) is 4.90. The fraction of sp³-hybridized carbons (Fsp3) is 0.0606. The molecular formula is C33H26N4OS. The largest absolute Gasteiger partial charge is 0.310 e. The van der Waals surface area contributed by atoms with Gasteiger partial charge in [0, 0.05) is 29.2 Å². The smallest absolute Gasteiger partial charge is 0.222 e. The first-order valence-electron chi connectivity index (χ1n) is 12.7. The molecule has 0 aliphatic rings. The van der Waals surface area contributed by atoms with Gasteiger partial charge in [0.1, 0.15) is 33.0 Å². The monoisotopic (exact) mass is 526 g/mol. The van der Waals surface area contributed by atoms with E-state index in [9.17, 15) is 4.79 Å². The Morgan fingerprint density at radius 3 is 1.77 bits per heavy atom. The van der Waals surface area contributed by atoms with E-state index in [2.05, 4.69) is 65.3 Å². The van der Waals surface area contributed by atoms with Crippen molar-refractivity contribution in [2.45, 2.75) is 13.8 Å². The second kappa shape index (κ2) is 10.5. The Morgan fingerprint density at radius 2 is 1.21 bits per heavy atom. The fourth-order valence-corrected chi connectivity index (χ4v) is 5.65. The number of nitrogens with zero attached hydrogens (tertiary/aromatic N) is 3. The van der Waals surface area contributed by atoms with Crippen molar-refractivity contribution in [3.05, 3.63) is 121 Å². The molecule has 0 aliphatic carbocycles. The number of aromatic nitrogens is 3. The van der Waals surface area contributed by atoms with Crippen molar-refractivity contribution in [1.82, 2.24) is 14.5 Å². The van der Waals surface area contributed by atoms with Crippen LogP contribution in [-0.4, -0.2) is 20.4 Å². The van der Waals surface area contributed by atoms with Crippen molar-refractivity contribution in [1.29, 1.82) is 0 Å². The molecule has 0 spiro atoms. The first-order valence-corrected chi connectivity index (χ1v) is 13.5. The lowest BCUT2D eigenvalue weighted by molar-refractivity contribution is -0.114. The highest BCUT2D eigenvalue weighted by Gasteiger charge is 2.26. The minimum atomic E-state index is -0.169. The van der Waals surface area contributed by atoms with E-state index in [4.69, 9.17) is 9.97 Å². The van der Waals surface area contributed by atoms with Gasteiger partial charge in [0.2, 0.25) is 5.91 Å². The van der Waals surface area contributed by atoms with Crippen LogP contribution in [0, 0.1) is 6.92 Å². The van der Waals surface area contributed by atoms with E-state index in [1.165, 1.54) is 6.92 Å². The number of hydrogen-bond acceptors (Lipinski definition) is 4. The number of benzene rings is 4. The molecule has 0 radical (unpaired) electrons. The van der Waals surface area contributed by atoms with Crippen LogP contribution >= 0.6 is 11.3 Å². The third-order valence-electron chi connectivity index (χ3n) is 6.41. The average Bonchev–Trinajstić information content (AvgIpc) is 3.57. The van der Waals surface area contributed by atoms with E-state index in [1.54, 1.807) is 11.3 Å². The summed E-state index contributed by atoms with van der Waals surface area (Å²) >= 11 is 1.58. The van der Waals surface area contributed by atoms with Crippen molar-refractivity contribution in [2.75, 3.05) is 5.32 Å². The predicted molar refractivity (Wildman–Crippen MR) is 160 cm³/mol. The van der Waals surface area contributed by atoms with Crippen LogP contribution in [0.4, 0.5) is 5.82 Å². The lowest BCUT2D eigenvalue weighted by Crippen LogP contribution is -2.11.